The molecular formula is C15H21N3O3S2. The number of benzene rings is 1. The van der Waals surface area contributed by atoms with Crippen molar-refractivity contribution in [2.45, 2.75) is 32.1 Å². The van der Waals surface area contributed by atoms with Gasteiger partial charge in [0.05, 0.1) is 11.4 Å². The molecule has 1 heterocycles. The van der Waals surface area contributed by atoms with Crippen molar-refractivity contribution in [1.29, 1.82) is 0 Å². The minimum Gasteiger partial charge on any atom is -0.305 e. The van der Waals surface area contributed by atoms with Gasteiger partial charge in [0.25, 0.3) is 0 Å². The predicted octanol–water partition coefficient (Wildman–Crippen LogP) is 1.50. The average molecular weight is 355 g/mol. The van der Waals surface area contributed by atoms with E-state index in [9.17, 15) is 13.2 Å². The third kappa shape index (κ3) is 4.79. The first-order chi connectivity index (χ1) is 10.8. The molecule has 0 aliphatic carbocycles. The first-order valence-electron chi connectivity index (χ1n) is 7.34. The minimum atomic E-state index is -3.63. The molecule has 8 heteroatoms. The number of amides is 1. The van der Waals surface area contributed by atoms with Crippen LogP contribution in [0.1, 0.15) is 23.1 Å². The molecule has 23 heavy (non-hydrogen) atoms. The van der Waals surface area contributed by atoms with Crippen LogP contribution < -0.4 is 10.0 Å². The van der Waals surface area contributed by atoms with Crippen LogP contribution in [0.3, 0.4) is 0 Å². The molecule has 0 bridgehead atoms. The minimum absolute atomic E-state index is 0.0544. The van der Waals surface area contributed by atoms with Gasteiger partial charge < -0.3 is 5.32 Å². The van der Waals surface area contributed by atoms with Gasteiger partial charge in [-0.3, -0.25) is 9.79 Å². The normalized spacial score (nSPS) is 14.7. The zero-order valence-electron chi connectivity index (χ0n) is 13.5. The first kappa shape index (κ1) is 18.0. The highest BCUT2D eigenvalue weighted by Crippen LogP contribution is 2.21. The molecular weight excluding hydrogens is 334 g/mol. The van der Waals surface area contributed by atoms with Crippen molar-refractivity contribution in [2.75, 3.05) is 18.8 Å². The van der Waals surface area contributed by atoms with Gasteiger partial charge in [-0.05, 0) is 31.9 Å². The van der Waals surface area contributed by atoms with E-state index in [1.165, 1.54) is 11.8 Å². The van der Waals surface area contributed by atoms with Gasteiger partial charge in [0.1, 0.15) is 0 Å². The number of carbonyl (C=O) groups excluding carboxylic acids is 1. The molecule has 1 aliphatic heterocycles. The van der Waals surface area contributed by atoms with Crippen molar-refractivity contribution in [3.05, 3.63) is 28.8 Å². The fraction of sp³-hybridized carbons (Fsp3) is 0.467. The van der Waals surface area contributed by atoms with Crippen LogP contribution in [0.5, 0.6) is 0 Å². The van der Waals surface area contributed by atoms with E-state index >= 15 is 0 Å². The number of sulfonamides is 1. The standard InChI is InChI=1S/C15H21N3O3S2/c1-10-8-11(2)14(12(3)9-10)23(20,21)17-5-4-13(19)18-15-16-6-7-22-15/h8-9,17H,4-7H2,1-3H3,(H,16,18,19). The Morgan fingerprint density at radius 2 is 1.91 bits per heavy atom. The maximum Gasteiger partial charge on any atom is 0.241 e. The van der Waals surface area contributed by atoms with Crippen molar-refractivity contribution < 1.29 is 13.2 Å². The van der Waals surface area contributed by atoms with E-state index in [1.54, 1.807) is 13.8 Å². The van der Waals surface area contributed by atoms with Crippen molar-refractivity contribution >= 4 is 32.9 Å². The maximum atomic E-state index is 12.4. The summed E-state index contributed by atoms with van der Waals surface area (Å²) in [5.41, 5.74) is 2.43. The summed E-state index contributed by atoms with van der Waals surface area (Å²) < 4.78 is 27.4. The number of carbonyl (C=O) groups is 1. The lowest BCUT2D eigenvalue weighted by molar-refractivity contribution is -0.119. The molecule has 0 fully saturated rings. The molecule has 2 N–H and O–H groups in total. The summed E-state index contributed by atoms with van der Waals surface area (Å²) in [6.07, 6.45) is 0.0722. The van der Waals surface area contributed by atoms with Crippen LogP contribution in [0.25, 0.3) is 0 Å². The number of nitrogens with one attached hydrogen (secondary N) is 2. The monoisotopic (exact) mass is 355 g/mol. The van der Waals surface area contributed by atoms with Crippen LogP contribution in [0.4, 0.5) is 0 Å². The second kappa shape index (κ2) is 7.46. The second-order valence-corrected chi connectivity index (χ2v) is 8.25. The molecule has 0 spiro atoms. The van der Waals surface area contributed by atoms with Gasteiger partial charge in [0, 0.05) is 18.7 Å². The Hall–Kier alpha value is -1.38. The van der Waals surface area contributed by atoms with E-state index in [-0.39, 0.29) is 18.9 Å². The van der Waals surface area contributed by atoms with Gasteiger partial charge in [0.15, 0.2) is 5.17 Å². The largest absolute Gasteiger partial charge is 0.305 e. The lowest BCUT2D eigenvalue weighted by Gasteiger charge is -2.13. The predicted molar refractivity (Wildman–Crippen MR) is 93.4 cm³/mol. The number of nitrogens with zero attached hydrogens (tertiary/aromatic N) is 1. The van der Waals surface area contributed by atoms with Crippen LogP contribution in [0.15, 0.2) is 22.0 Å². The number of amidine groups is 1. The molecule has 126 valence electrons. The van der Waals surface area contributed by atoms with Crippen LogP contribution in [-0.2, 0) is 14.8 Å². The Bertz CT molecular complexity index is 719. The third-order valence-corrected chi connectivity index (χ3v) is 6.01. The van der Waals surface area contributed by atoms with Gasteiger partial charge in [-0.25, -0.2) is 13.1 Å². The lowest BCUT2D eigenvalue weighted by atomic mass is 10.1. The van der Waals surface area contributed by atoms with Crippen LogP contribution in [-0.4, -0.2) is 38.3 Å². The van der Waals surface area contributed by atoms with E-state index in [1.807, 2.05) is 19.1 Å². The fourth-order valence-electron chi connectivity index (χ4n) is 2.55. The van der Waals surface area contributed by atoms with Gasteiger partial charge in [0.2, 0.25) is 15.9 Å². The summed E-state index contributed by atoms with van der Waals surface area (Å²) in [6.45, 7) is 6.24. The molecule has 6 nitrogen and oxygen atoms in total. The van der Waals surface area contributed by atoms with Gasteiger partial charge >= 0.3 is 0 Å². The summed E-state index contributed by atoms with van der Waals surface area (Å²) in [5, 5.41) is 3.29. The molecule has 1 aromatic rings. The molecule has 0 atom stereocenters. The topological polar surface area (TPSA) is 87.6 Å². The highest BCUT2D eigenvalue weighted by Gasteiger charge is 2.20. The number of hydrogen-bond donors (Lipinski definition) is 2. The van der Waals surface area contributed by atoms with Crippen molar-refractivity contribution in [1.82, 2.24) is 10.0 Å². The van der Waals surface area contributed by atoms with Gasteiger partial charge in [-0.2, -0.15) is 0 Å². The number of aryl methyl sites for hydroxylation is 3. The third-order valence-electron chi connectivity index (χ3n) is 3.35. The number of thioether (sulfide) groups is 1. The Morgan fingerprint density at radius 3 is 2.48 bits per heavy atom. The van der Waals surface area contributed by atoms with Crippen LogP contribution >= 0.6 is 11.8 Å². The SMILES string of the molecule is Cc1cc(C)c(S(=O)(=O)NCCC(=O)NC2=NCCS2)c(C)c1. The summed E-state index contributed by atoms with van der Waals surface area (Å²) in [7, 11) is -3.63. The highest BCUT2D eigenvalue weighted by atomic mass is 32.2. The molecule has 0 unspecified atom stereocenters. The molecule has 0 radical (unpaired) electrons. The summed E-state index contributed by atoms with van der Waals surface area (Å²) in [4.78, 5) is 16.2. The Balaban J connectivity index is 1.95. The van der Waals surface area contributed by atoms with Gasteiger partial charge in [-0.15, -0.1) is 0 Å². The molecule has 2 rings (SSSR count). The van der Waals surface area contributed by atoms with Crippen molar-refractivity contribution in [3.63, 3.8) is 0 Å². The summed E-state index contributed by atoms with van der Waals surface area (Å²) in [5.74, 6) is 0.631. The zero-order valence-corrected chi connectivity index (χ0v) is 15.1. The van der Waals surface area contributed by atoms with Crippen molar-refractivity contribution in [3.8, 4) is 0 Å². The molecule has 0 saturated heterocycles. The van der Waals surface area contributed by atoms with Crippen LogP contribution in [0, 0.1) is 20.8 Å². The smallest absolute Gasteiger partial charge is 0.241 e. The van der Waals surface area contributed by atoms with E-state index in [4.69, 9.17) is 0 Å². The van der Waals surface area contributed by atoms with Gasteiger partial charge in [-0.1, -0.05) is 29.5 Å². The summed E-state index contributed by atoms with van der Waals surface area (Å²) in [6, 6.07) is 3.67. The van der Waals surface area contributed by atoms with E-state index in [2.05, 4.69) is 15.0 Å². The zero-order chi connectivity index (χ0) is 17.0. The quantitative estimate of drug-likeness (QED) is 0.838. The Labute approximate surface area is 141 Å². The lowest BCUT2D eigenvalue weighted by Crippen LogP contribution is -2.33. The summed E-state index contributed by atoms with van der Waals surface area (Å²) >= 11 is 1.49. The molecule has 1 amide bonds. The number of aliphatic imine (C=N–C) groups is 1. The molecule has 0 saturated carbocycles. The van der Waals surface area contributed by atoms with E-state index in [0.29, 0.717) is 27.7 Å². The number of hydrogen-bond acceptors (Lipinski definition) is 5. The highest BCUT2D eigenvalue weighted by molar-refractivity contribution is 8.14. The van der Waals surface area contributed by atoms with Crippen molar-refractivity contribution in [2.24, 2.45) is 4.99 Å². The Morgan fingerprint density at radius 1 is 1.26 bits per heavy atom. The molecule has 0 aromatic heterocycles. The first-order valence-corrected chi connectivity index (χ1v) is 9.81. The van der Waals surface area contributed by atoms with E-state index < -0.39 is 10.0 Å². The maximum absolute atomic E-state index is 12.4. The molecule has 1 aromatic carbocycles. The molecule has 1 aliphatic rings. The number of rotatable bonds is 5. The second-order valence-electron chi connectivity index (χ2n) is 5.46. The van der Waals surface area contributed by atoms with E-state index in [0.717, 1.165) is 11.3 Å². The Kier molecular flexibility index (Phi) is 5.83. The van der Waals surface area contributed by atoms with Crippen LogP contribution in [0.2, 0.25) is 0 Å². The fourth-order valence-corrected chi connectivity index (χ4v) is 4.78. The average Bonchev–Trinajstić information content (AvgIpc) is 2.89.